The Bertz CT molecular complexity index is 2030. The quantitative estimate of drug-likeness (QED) is 0.0201. The molecule has 0 saturated carbocycles. The van der Waals surface area contributed by atoms with E-state index < -0.39 is 155 Å². The van der Waals surface area contributed by atoms with Gasteiger partial charge in [0.05, 0.1) is 50.7 Å². The van der Waals surface area contributed by atoms with Gasteiger partial charge in [0, 0.05) is 19.8 Å². The van der Waals surface area contributed by atoms with Crippen LogP contribution in [0.4, 0.5) is 0 Å². The minimum Gasteiger partial charge on any atom is -0.477 e. The molecule has 0 aromatic carbocycles. The molecule has 0 aromatic heterocycles. The zero-order valence-electron chi connectivity index (χ0n) is 59.0. The molecule has 3 aliphatic heterocycles. The van der Waals surface area contributed by atoms with Crippen molar-refractivity contribution in [3.63, 3.8) is 0 Å². The van der Waals surface area contributed by atoms with Crippen molar-refractivity contribution < 1.29 is 104 Å². The van der Waals surface area contributed by atoms with Crippen molar-refractivity contribution in [2.75, 3.05) is 26.4 Å². The summed E-state index contributed by atoms with van der Waals surface area (Å²) in [5, 5.41) is 136. The van der Waals surface area contributed by atoms with Gasteiger partial charge < -0.3 is 100 Å². The maximum atomic E-state index is 13.5. The van der Waals surface area contributed by atoms with Crippen LogP contribution in [0, 0.1) is 0 Å². The van der Waals surface area contributed by atoms with E-state index in [1.807, 2.05) is 6.08 Å². The third kappa shape index (κ3) is 34.3. The van der Waals surface area contributed by atoms with Gasteiger partial charge in [-0.05, 0) is 44.9 Å². The molecule has 3 heterocycles. The number of aliphatic carboxylic acids is 1. The second-order valence-electron chi connectivity index (χ2n) is 27.5. The topological polar surface area (TPSA) is 373 Å². The average Bonchev–Trinajstić information content (AvgIpc) is 0.758. The molecule has 562 valence electrons. The van der Waals surface area contributed by atoms with Gasteiger partial charge >= 0.3 is 5.97 Å². The number of unbranched alkanes of at least 4 members (excludes halogenated alkanes) is 36. The number of rotatable bonds is 58. The molecule has 0 aliphatic carbocycles. The van der Waals surface area contributed by atoms with Crippen LogP contribution in [0.1, 0.15) is 284 Å². The van der Waals surface area contributed by atoms with E-state index in [0.717, 1.165) is 51.9 Å². The Kier molecular flexibility index (Phi) is 48.3. The SMILES string of the molecule is CCCCCCCCCCC/C=C/C(O)C(COC1OC(CO)C(OC2OC(CO)C(O)C(OC3(C(=O)O)CC(O)C(NC(C)=O)C(C(O)C(O)CO)O3)C2O)C(O)C1O)NC(=O)CCCCCCCCCCCCCCCCC/C=C\CCCCCCCCCCCCCC. The fourth-order valence-electron chi connectivity index (χ4n) is 13.1. The first kappa shape index (κ1) is 87.4. The summed E-state index contributed by atoms with van der Waals surface area (Å²) in [6.45, 7) is 2.13. The molecule has 3 saturated heterocycles. The number of ether oxygens (including phenoxy) is 6. The Morgan fingerprint density at radius 3 is 1.42 bits per heavy atom. The van der Waals surface area contributed by atoms with Crippen molar-refractivity contribution in [1.29, 1.82) is 0 Å². The highest BCUT2D eigenvalue weighted by Gasteiger charge is 2.60. The van der Waals surface area contributed by atoms with E-state index in [0.29, 0.717) is 12.8 Å². The van der Waals surface area contributed by atoms with Gasteiger partial charge in [-0.15, -0.1) is 0 Å². The summed E-state index contributed by atoms with van der Waals surface area (Å²) in [5.41, 5.74) is 0. The Hall–Kier alpha value is -2.79. The van der Waals surface area contributed by atoms with Gasteiger partial charge in [-0.3, -0.25) is 9.59 Å². The summed E-state index contributed by atoms with van der Waals surface area (Å²) in [6, 6.07) is -2.62. The number of aliphatic hydroxyl groups excluding tert-OH is 11. The third-order valence-electron chi connectivity index (χ3n) is 19.1. The van der Waals surface area contributed by atoms with Crippen LogP contribution in [-0.2, 0) is 42.8 Å². The summed E-state index contributed by atoms with van der Waals surface area (Å²) in [4.78, 5) is 38.5. The molecule has 0 spiro atoms. The number of nitrogens with one attached hydrogen (secondary N) is 2. The zero-order valence-corrected chi connectivity index (χ0v) is 59.0. The number of carbonyl (C=O) groups is 3. The van der Waals surface area contributed by atoms with Gasteiger partial charge in [-0.2, -0.15) is 0 Å². The van der Waals surface area contributed by atoms with Gasteiger partial charge in [0.2, 0.25) is 11.8 Å². The molecule has 3 fully saturated rings. The molecule has 96 heavy (non-hydrogen) atoms. The van der Waals surface area contributed by atoms with Crippen molar-refractivity contribution in [3.05, 3.63) is 24.3 Å². The number of carboxylic acids is 1. The Morgan fingerprint density at radius 1 is 0.542 bits per heavy atom. The fourth-order valence-corrected chi connectivity index (χ4v) is 13.1. The molecule has 0 bridgehead atoms. The predicted molar refractivity (Wildman–Crippen MR) is 366 cm³/mol. The molecule has 2 amide bonds. The highest BCUT2D eigenvalue weighted by molar-refractivity contribution is 5.77. The third-order valence-corrected chi connectivity index (χ3v) is 19.1. The molecule has 18 unspecified atom stereocenters. The number of aliphatic hydroxyl groups is 11. The highest BCUT2D eigenvalue weighted by atomic mass is 16.8. The Balaban J connectivity index is 1.47. The lowest BCUT2D eigenvalue weighted by Gasteiger charge is -2.50. The van der Waals surface area contributed by atoms with Gasteiger partial charge in [0.1, 0.15) is 67.1 Å². The van der Waals surface area contributed by atoms with Gasteiger partial charge in [-0.1, -0.05) is 244 Å². The van der Waals surface area contributed by atoms with E-state index in [4.69, 9.17) is 28.4 Å². The molecule has 18 atom stereocenters. The van der Waals surface area contributed by atoms with Crippen LogP contribution in [0.3, 0.4) is 0 Å². The van der Waals surface area contributed by atoms with Gasteiger partial charge in [0.25, 0.3) is 5.79 Å². The smallest absolute Gasteiger partial charge is 0.364 e. The van der Waals surface area contributed by atoms with Gasteiger partial charge in [-0.25, -0.2) is 4.79 Å². The zero-order chi connectivity index (χ0) is 70.4. The summed E-state index contributed by atoms with van der Waals surface area (Å²) in [5.74, 6) is -6.14. The molecule has 23 nitrogen and oxygen atoms in total. The summed E-state index contributed by atoms with van der Waals surface area (Å²) >= 11 is 0. The first-order valence-corrected chi connectivity index (χ1v) is 37.7. The van der Waals surface area contributed by atoms with Crippen LogP contribution in [0.25, 0.3) is 0 Å². The monoisotopic (exact) mass is 1370 g/mol. The van der Waals surface area contributed by atoms with E-state index in [2.05, 4.69) is 36.6 Å². The van der Waals surface area contributed by atoms with Crippen LogP contribution in [0.15, 0.2) is 24.3 Å². The maximum Gasteiger partial charge on any atom is 0.364 e. The lowest BCUT2D eigenvalue weighted by molar-refractivity contribution is -0.386. The number of carbonyl (C=O) groups excluding carboxylic acids is 2. The van der Waals surface area contributed by atoms with Gasteiger partial charge in [0.15, 0.2) is 12.6 Å². The summed E-state index contributed by atoms with van der Waals surface area (Å²) in [6.07, 6.45) is 26.9. The Morgan fingerprint density at radius 2 is 0.979 bits per heavy atom. The average molecular weight is 1380 g/mol. The maximum absolute atomic E-state index is 13.5. The predicted octanol–water partition coefficient (Wildman–Crippen LogP) is 8.40. The molecule has 0 aromatic rings. The van der Waals surface area contributed by atoms with Crippen molar-refractivity contribution in [2.45, 2.75) is 394 Å². The first-order valence-electron chi connectivity index (χ1n) is 37.7. The molecular formula is C73H134N2O21. The number of hydrogen-bond donors (Lipinski definition) is 14. The van der Waals surface area contributed by atoms with Crippen LogP contribution in [0.2, 0.25) is 0 Å². The lowest BCUT2D eigenvalue weighted by atomic mass is 9.88. The normalized spacial score (nSPS) is 27.7. The summed E-state index contributed by atoms with van der Waals surface area (Å²) < 4.78 is 34.8. The van der Waals surface area contributed by atoms with Crippen LogP contribution in [0.5, 0.6) is 0 Å². The van der Waals surface area contributed by atoms with Crippen molar-refractivity contribution in [3.8, 4) is 0 Å². The van der Waals surface area contributed by atoms with Crippen LogP contribution >= 0.6 is 0 Å². The molecule has 14 N–H and O–H groups in total. The number of allylic oxidation sites excluding steroid dienone is 3. The highest BCUT2D eigenvalue weighted by Crippen LogP contribution is 2.39. The second-order valence-corrected chi connectivity index (χ2v) is 27.5. The standard InChI is InChI=1S/C73H134N2O21/c1-4-6-8-10-12-14-16-17-18-19-20-21-22-23-24-25-26-27-28-29-30-31-32-33-34-35-37-39-41-43-45-47-60(83)75-54(55(80)46-44-42-40-38-36-15-13-11-9-7-5-2)52-91-70-65(87)64(86)67(59(51-78)93-70)94-71-66(88)69(63(85)58(50-77)92-71)96-73(72(89)90)48-56(81)61(74-53(3)79)68(95-73)62(84)57(82)49-76/h23-24,44,46,54-59,61-71,76-78,80-82,84-88H,4-22,25-43,45,47-52H2,1-3H3,(H,74,79)(H,75,83)(H,89,90)/b24-23-,46-44+. The van der Waals surface area contributed by atoms with E-state index in [1.54, 1.807) is 6.08 Å². The van der Waals surface area contributed by atoms with Crippen molar-refractivity contribution in [1.82, 2.24) is 10.6 Å². The lowest BCUT2D eigenvalue weighted by Crippen LogP contribution is -2.70. The minimum atomic E-state index is -3.08. The summed E-state index contributed by atoms with van der Waals surface area (Å²) in [7, 11) is 0. The van der Waals surface area contributed by atoms with Crippen LogP contribution in [-0.4, -0.2) is 215 Å². The van der Waals surface area contributed by atoms with E-state index in [9.17, 15) is 75.7 Å². The van der Waals surface area contributed by atoms with E-state index >= 15 is 0 Å². The molecule has 0 radical (unpaired) electrons. The molecule has 3 aliphatic rings. The van der Waals surface area contributed by atoms with E-state index in [1.165, 1.54) is 193 Å². The molecule has 23 heteroatoms. The fraction of sp³-hybridized carbons (Fsp3) is 0.904. The first-order chi connectivity index (χ1) is 46.4. The molecular weight excluding hydrogens is 1240 g/mol. The van der Waals surface area contributed by atoms with E-state index in [-0.39, 0.29) is 12.3 Å². The second kappa shape index (κ2) is 53.1. The minimum absolute atomic E-state index is 0.202. The molecule has 3 rings (SSSR count). The Labute approximate surface area is 574 Å². The van der Waals surface area contributed by atoms with Crippen molar-refractivity contribution in [2.24, 2.45) is 0 Å². The van der Waals surface area contributed by atoms with Crippen LogP contribution < -0.4 is 10.6 Å². The number of carboxylic acid groups (broad SMARTS) is 1. The van der Waals surface area contributed by atoms with Crippen molar-refractivity contribution >= 4 is 17.8 Å². The number of amides is 2. The largest absolute Gasteiger partial charge is 0.477 e. The number of hydrogen-bond acceptors (Lipinski definition) is 20.